The number of hydrogen-bond donors (Lipinski definition) is 1. The maximum atomic E-state index is 12.0. The molecule has 0 atom stereocenters. The molecule has 2 aromatic rings. The smallest absolute Gasteiger partial charge is 0.168 e. The van der Waals surface area contributed by atoms with Gasteiger partial charge < -0.3 is 0 Å². The molecule has 1 aromatic carbocycles. The Morgan fingerprint density at radius 3 is 2.47 bits per heavy atom. The molecule has 0 radical (unpaired) electrons. The van der Waals surface area contributed by atoms with Crippen molar-refractivity contribution in [2.24, 2.45) is 0 Å². The van der Waals surface area contributed by atoms with Crippen LogP contribution in [-0.4, -0.2) is 10.8 Å². The third kappa shape index (κ3) is 3.17. The largest absolute Gasteiger partial charge is 0.294 e. The summed E-state index contributed by atoms with van der Waals surface area (Å²) < 4.78 is 0. The fraction of sp³-hybridized carbons (Fsp3) is 0.143. The van der Waals surface area contributed by atoms with Gasteiger partial charge in [-0.15, -0.1) is 12.6 Å². The van der Waals surface area contributed by atoms with Crippen LogP contribution in [0.5, 0.6) is 0 Å². The van der Waals surface area contributed by atoms with Crippen molar-refractivity contribution in [2.75, 3.05) is 0 Å². The molecule has 0 aliphatic carbocycles. The first-order valence-electron chi connectivity index (χ1n) is 5.39. The summed E-state index contributed by atoms with van der Waals surface area (Å²) in [6.45, 7) is 1.90. The lowest BCUT2D eigenvalue weighted by molar-refractivity contribution is 0.0992. The molecule has 17 heavy (non-hydrogen) atoms. The van der Waals surface area contributed by atoms with Crippen molar-refractivity contribution < 1.29 is 4.79 Å². The maximum Gasteiger partial charge on any atom is 0.168 e. The second kappa shape index (κ2) is 5.15. The molecule has 86 valence electrons. The molecule has 0 aliphatic heterocycles. The van der Waals surface area contributed by atoms with Gasteiger partial charge in [0.25, 0.3) is 0 Å². The molecule has 0 bridgehead atoms. The van der Waals surface area contributed by atoms with E-state index in [1.54, 1.807) is 6.20 Å². The maximum absolute atomic E-state index is 12.0. The number of Topliss-reactive ketones (excluding diaryl/α,β-unsaturated/α-hetero) is 1. The highest BCUT2D eigenvalue weighted by molar-refractivity contribution is 7.80. The van der Waals surface area contributed by atoms with Gasteiger partial charge in [-0.1, -0.05) is 12.1 Å². The fourth-order valence-corrected chi connectivity index (χ4v) is 1.68. The Hall–Kier alpha value is -1.61. The van der Waals surface area contributed by atoms with Crippen LogP contribution in [0.4, 0.5) is 0 Å². The predicted molar refractivity (Wildman–Crippen MR) is 70.7 cm³/mol. The molecule has 0 fully saturated rings. The molecular formula is C14H13NOS. The van der Waals surface area contributed by atoms with E-state index in [2.05, 4.69) is 17.6 Å². The third-order valence-electron chi connectivity index (χ3n) is 2.53. The SMILES string of the molecule is Cc1ccc(C(=O)Cc2ccc(S)cc2)cn1. The van der Waals surface area contributed by atoms with Gasteiger partial charge in [-0.2, -0.15) is 0 Å². The van der Waals surface area contributed by atoms with Crippen molar-refractivity contribution in [1.29, 1.82) is 0 Å². The normalized spacial score (nSPS) is 10.2. The Balaban J connectivity index is 2.11. The standard InChI is InChI=1S/C14H13NOS/c1-10-2-5-12(9-15-10)14(16)8-11-3-6-13(17)7-4-11/h2-7,9,17H,8H2,1H3. The first-order chi connectivity index (χ1) is 8.15. The van der Waals surface area contributed by atoms with E-state index in [1.807, 2.05) is 43.3 Å². The summed E-state index contributed by atoms with van der Waals surface area (Å²) in [7, 11) is 0. The Bertz CT molecular complexity index is 517. The molecule has 0 spiro atoms. The van der Waals surface area contributed by atoms with E-state index >= 15 is 0 Å². The Labute approximate surface area is 106 Å². The number of ketones is 1. The Morgan fingerprint density at radius 1 is 1.18 bits per heavy atom. The van der Waals surface area contributed by atoms with Crippen molar-refractivity contribution in [3.63, 3.8) is 0 Å². The average molecular weight is 243 g/mol. The van der Waals surface area contributed by atoms with E-state index in [4.69, 9.17) is 0 Å². The zero-order valence-corrected chi connectivity index (χ0v) is 10.4. The quantitative estimate of drug-likeness (QED) is 0.663. The predicted octanol–water partition coefficient (Wildman–Crippen LogP) is 3.10. The number of thiol groups is 1. The summed E-state index contributed by atoms with van der Waals surface area (Å²) in [5, 5.41) is 0. The second-order valence-electron chi connectivity index (χ2n) is 3.95. The number of nitrogens with zero attached hydrogens (tertiary/aromatic N) is 1. The summed E-state index contributed by atoms with van der Waals surface area (Å²) in [6.07, 6.45) is 2.03. The lowest BCUT2D eigenvalue weighted by Crippen LogP contribution is -2.04. The number of pyridine rings is 1. The second-order valence-corrected chi connectivity index (χ2v) is 4.47. The monoisotopic (exact) mass is 243 g/mol. The summed E-state index contributed by atoms with van der Waals surface area (Å²) in [5.41, 5.74) is 2.57. The molecular weight excluding hydrogens is 230 g/mol. The van der Waals surface area contributed by atoms with E-state index in [1.165, 1.54) is 0 Å². The Morgan fingerprint density at radius 2 is 1.88 bits per heavy atom. The number of rotatable bonds is 3. The summed E-state index contributed by atoms with van der Waals surface area (Å²) in [6, 6.07) is 11.3. The van der Waals surface area contributed by atoms with Crippen molar-refractivity contribution in [3.8, 4) is 0 Å². The molecule has 0 aliphatic rings. The molecule has 0 saturated carbocycles. The van der Waals surface area contributed by atoms with Crippen LogP contribution in [-0.2, 0) is 6.42 Å². The van der Waals surface area contributed by atoms with Crippen LogP contribution in [0.2, 0.25) is 0 Å². The first kappa shape index (κ1) is 11.9. The van der Waals surface area contributed by atoms with Gasteiger partial charge in [0.2, 0.25) is 0 Å². The molecule has 0 unspecified atom stereocenters. The minimum atomic E-state index is 0.0874. The first-order valence-corrected chi connectivity index (χ1v) is 5.83. The molecule has 3 heteroatoms. The molecule has 1 aromatic heterocycles. The van der Waals surface area contributed by atoms with Gasteiger partial charge >= 0.3 is 0 Å². The summed E-state index contributed by atoms with van der Waals surface area (Å²) in [4.78, 5) is 17.0. The third-order valence-corrected chi connectivity index (χ3v) is 2.83. The minimum absolute atomic E-state index is 0.0874. The molecule has 0 amide bonds. The van der Waals surface area contributed by atoms with Crippen molar-refractivity contribution in [1.82, 2.24) is 4.98 Å². The number of hydrogen-bond acceptors (Lipinski definition) is 3. The highest BCUT2D eigenvalue weighted by Gasteiger charge is 2.06. The number of aryl methyl sites for hydroxylation is 1. The zero-order chi connectivity index (χ0) is 12.3. The van der Waals surface area contributed by atoms with Crippen LogP contribution in [0.1, 0.15) is 21.6 Å². The minimum Gasteiger partial charge on any atom is -0.294 e. The fourth-order valence-electron chi connectivity index (χ4n) is 1.53. The lowest BCUT2D eigenvalue weighted by atomic mass is 10.0. The van der Waals surface area contributed by atoms with Crippen LogP contribution in [0.3, 0.4) is 0 Å². The van der Waals surface area contributed by atoms with Crippen LogP contribution in [0, 0.1) is 6.92 Å². The van der Waals surface area contributed by atoms with Crippen LogP contribution in [0.25, 0.3) is 0 Å². The van der Waals surface area contributed by atoms with Crippen LogP contribution in [0.15, 0.2) is 47.5 Å². The van der Waals surface area contributed by atoms with Gasteiger partial charge in [0.05, 0.1) is 0 Å². The van der Waals surface area contributed by atoms with Crippen LogP contribution >= 0.6 is 12.6 Å². The van der Waals surface area contributed by atoms with E-state index < -0.39 is 0 Å². The van der Waals surface area contributed by atoms with Crippen molar-refractivity contribution in [3.05, 3.63) is 59.4 Å². The molecule has 0 saturated heterocycles. The van der Waals surface area contributed by atoms with Gasteiger partial charge in [-0.05, 0) is 36.8 Å². The number of carbonyl (C=O) groups excluding carboxylic acids is 1. The van der Waals surface area contributed by atoms with Crippen molar-refractivity contribution in [2.45, 2.75) is 18.2 Å². The van der Waals surface area contributed by atoms with Gasteiger partial charge in [0.1, 0.15) is 0 Å². The molecule has 2 nitrogen and oxygen atoms in total. The van der Waals surface area contributed by atoms with Crippen molar-refractivity contribution >= 4 is 18.4 Å². The van der Waals surface area contributed by atoms with Gasteiger partial charge in [0, 0.05) is 28.8 Å². The van der Waals surface area contributed by atoms with Crippen LogP contribution < -0.4 is 0 Å². The van der Waals surface area contributed by atoms with E-state index in [0.717, 1.165) is 16.2 Å². The van der Waals surface area contributed by atoms with E-state index in [-0.39, 0.29) is 5.78 Å². The molecule has 1 heterocycles. The molecule has 0 N–H and O–H groups in total. The number of carbonyl (C=O) groups is 1. The lowest BCUT2D eigenvalue weighted by Gasteiger charge is -2.02. The van der Waals surface area contributed by atoms with Gasteiger partial charge in [-0.25, -0.2) is 0 Å². The number of aromatic nitrogens is 1. The molecule has 2 rings (SSSR count). The Kier molecular flexibility index (Phi) is 3.59. The van der Waals surface area contributed by atoms with E-state index in [0.29, 0.717) is 12.0 Å². The van der Waals surface area contributed by atoms with Gasteiger partial charge in [0.15, 0.2) is 5.78 Å². The average Bonchev–Trinajstić information content (AvgIpc) is 2.33. The van der Waals surface area contributed by atoms with Gasteiger partial charge in [-0.3, -0.25) is 9.78 Å². The topological polar surface area (TPSA) is 30.0 Å². The summed E-state index contributed by atoms with van der Waals surface area (Å²) >= 11 is 4.21. The highest BCUT2D eigenvalue weighted by Crippen LogP contribution is 2.11. The number of benzene rings is 1. The summed E-state index contributed by atoms with van der Waals surface area (Å²) in [5.74, 6) is 0.0874. The highest BCUT2D eigenvalue weighted by atomic mass is 32.1. The zero-order valence-electron chi connectivity index (χ0n) is 9.55. The van der Waals surface area contributed by atoms with E-state index in [9.17, 15) is 4.79 Å².